The molecular weight excluding hydrogens is 346 g/mol. The molecule has 0 N–H and O–H groups in total. The van der Waals surface area contributed by atoms with Crippen molar-refractivity contribution >= 4 is 11.7 Å². The number of carbonyl (C=O) groups excluding carboxylic acids is 1. The van der Waals surface area contributed by atoms with Crippen LogP contribution in [0.1, 0.15) is 41.4 Å². The summed E-state index contributed by atoms with van der Waals surface area (Å²) in [4.78, 5) is 23.2. The lowest BCUT2D eigenvalue weighted by Gasteiger charge is -2.08. The van der Waals surface area contributed by atoms with Crippen LogP contribution < -0.4 is 4.74 Å². The van der Waals surface area contributed by atoms with Gasteiger partial charge in [-0.3, -0.25) is 10.1 Å². The fourth-order valence-electron chi connectivity index (χ4n) is 2.58. The molecule has 0 unspecified atom stereocenters. The molecule has 27 heavy (non-hydrogen) atoms. The second-order valence-electron chi connectivity index (χ2n) is 6.46. The van der Waals surface area contributed by atoms with Gasteiger partial charge in [-0.05, 0) is 31.0 Å². The molecule has 0 aliphatic rings. The van der Waals surface area contributed by atoms with Gasteiger partial charge in [0.05, 0.1) is 21.9 Å². The number of nitrogens with zero attached hydrogens (tertiary/aromatic N) is 3. The van der Waals surface area contributed by atoms with Crippen LogP contribution in [0, 0.1) is 17.0 Å². The van der Waals surface area contributed by atoms with Crippen molar-refractivity contribution in [3.8, 4) is 11.6 Å². The molecule has 0 atom stereocenters. The SMILES string of the molecule is Cc1ccc(C(=O)Oc2cc(C(C)C)nn2-c2ccccc2)cc1[N+](=O)[O-]. The van der Waals surface area contributed by atoms with E-state index in [1.54, 1.807) is 17.7 Å². The van der Waals surface area contributed by atoms with E-state index in [4.69, 9.17) is 4.74 Å². The Bertz CT molecular complexity index is 994. The van der Waals surface area contributed by atoms with Crippen LogP contribution in [0.25, 0.3) is 5.69 Å². The highest BCUT2D eigenvalue weighted by molar-refractivity contribution is 5.91. The molecule has 3 rings (SSSR count). The molecule has 1 heterocycles. The molecule has 0 aliphatic heterocycles. The number of benzene rings is 2. The second-order valence-corrected chi connectivity index (χ2v) is 6.46. The summed E-state index contributed by atoms with van der Waals surface area (Å²) in [6.07, 6.45) is 0. The van der Waals surface area contributed by atoms with E-state index in [1.165, 1.54) is 18.2 Å². The standard InChI is InChI=1S/C20H19N3O4/c1-13(2)17-12-19(22(21-17)16-7-5-4-6-8-16)27-20(24)15-10-9-14(3)18(11-15)23(25)26/h4-13H,1-3H3. The predicted molar refractivity (Wildman–Crippen MR) is 100 cm³/mol. The van der Waals surface area contributed by atoms with E-state index in [1.807, 2.05) is 44.2 Å². The summed E-state index contributed by atoms with van der Waals surface area (Å²) < 4.78 is 7.08. The Balaban J connectivity index is 1.97. The first kappa shape index (κ1) is 18.3. The molecule has 0 aliphatic carbocycles. The van der Waals surface area contributed by atoms with Gasteiger partial charge in [0.25, 0.3) is 5.69 Å². The van der Waals surface area contributed by atoms with Gasteiger partial charge >= 0.3 is 5.97 Å². The molecule has 1 aromatic heterocycles. The van der Waals surface area contributed by atoms with Crippen LogP contribution in [0.5, 0.6) is 5.88 Å². The Kier molecular flexibility index (Phi) is 5.03. The minimum absolute atomic E-state index is 0.110. The molecule has 0 spiro atoms. The third kappa shape index (κ3) is 3.87. The van der Waals surface area contributed by atoms with Crippen molar-refractivity contribution in [1.29, 1.82) is 0 Å². The minimum atomic E-state index is -0.675. The van der Waals surface area contributed by atoms with Crippen molar-refractivity contribution in [2.75, 3.05) is 0 Å². The number of aromatic nitrogens is 2. The van der Waals surface area contributed by atoms with Gasteiger partial charge in [-0.2, -0.15) is 5.10 Å². The Morgan fingerprint density at radius 3 is 2.48 bits per heavy atom. The van der Waals surface area contributed by atoms with Crippen molar-refractivity contribution in [3.63, 3.8) is 0 Å². The van der Waals surface area contributed by atoms with Crippen LogP contribution in [-0.4, -0.2) is 20.7 Å². The van der Waals surface area contributed by atoms with Crippen LogP contribution in [0.4, 0.5) is 5.69 Å². The lowest BCUT2D eigenvalue weighted by molar-refractivity contribution is -0.385. The molecule has 0 radical (unpaired) electrons. The number of ether oxygens (including phenoxy) is 1. The van der Waals surface area contributed by atoms with Gasteiger partial charge in [-0.15, -0.1) is 0 Å². The summed E-state index contributed by atoms with van der Waals surface area (Å²) >= 11 is 0. The zero-order valence-corrected chi connectivity index (χ0v) is 15.2. The van der Waals surface area contributed by atoms with Crippen molar-refractivity contribution < 1.29 is 14.5 Å². The number of nitro benzene ring substituents is 1. The van der Waals surface area contributed by atoms with Gasteiger partial charge in [0.1, 0.15) is 0 Å². The molecule has 0 saturated heterocycles. The molecule has 138 valence electrons. The molecule has 2 aromatic carbocycles. The van der Waals surface area contributed by atoms with Crippen LogP contribution in [-0.2, 0) is 0 Å². The summed E-state index contributed by atoms with van der Waals surface area (Å²) in [5.74, 6) is -0.267. The molecule has 0 fully saturated rings. The van der Waals surface area contributed by atoms with E-state index in [2.05, 4.69) is 5.10 Å². The van der Waals surface area contributed by atoms with Crippen LogP contribution >= 0.6 is 0 Å². The highest BCUT2D eigenvalue weighted by Crippen LogP contribution is 2.25. The average Bonchev–Trinajstić information content (AvgIpc) is 3.06. The summed E-state index contributed by atoms with van der Waals surface area (Å²) in [5.41, 5.74) is 2.00. The zero-order valence-electron chi connectivity index (χ0n) is 15.2. The largest absolute Gasteiger partial charge is 0.404 e. The number of para-hydroxylation sites is 1. The molecular formula is C20H19N3O4. The topological polar surface area (TPSA) is 87.3 Å². The summed E-state index contributed by atoms with van der Waals surface area (Å²) in [6, 6.07) is 15.3. The Morgan fingerprint density at radius 1 is 1.15 bits per heavy atom. The lowest BCUT2D eigenvalue weighted by atomic mass is 10.1. The van der Waals surface area contributed by atoms with E-state index in [9.17, 15) is 14.9 Å². The van der Waals surface area contributed by atoms with E-state index in [0.29, 0.717) is 5.56 Å². The van der Waals surface area contributed by atoms with Crippen LogP contribution in [0.15, 0.2) is 54.6 Å². The van der Waals surface area contributed by atoms with Gasteiger partial charge in [-0.25, -0.2) is 9.48 Å². The quantitative estimate of drug-likeness (QED) is 0.379. The first-order valence-corrected chi connectivity index (χ1v) is 8.49. The number of aryl methyl sites for hydroxylation is 1. The molecule has 7 heteroatoms. The molecule has 0 bridgehead atoms. The van der Waals surface area contributed by atoms with E-state index >= 15 is 0 Å². The fraction of sp³-hybridized carbons (Fsp3) is 0.200. The monoisotopic (exact) mass is 365 g/mol. The predicted octanol–water partition coefficient (Wildman–Crippen LogP) is 4.43. The van der Waals surface area contributed by atoms with E-state index in [-0.39, 0.29) is 23.0 Å². The number of hydrogen-bond donors (Lipinski definition) is 0. The third-order valence-electron chi connectivity index (χ3n) is 4.13. The molecule has 0 amide bonds. The number of esters is 1. The molecule has 3 aromatic rings. The Labute approximate surface area is 156 Å². The van der Waals surface area contributed by atoms with Gasteiger partial charge < -0.3 is 4.74 Å². The van der Waals surface area contributed by atoms with Gasteiger partial charge in [0, 0.05) is 17.7 Å². The van der Waals surface area contributed by atoms with Crippen molar-refractivity contribution in [2.45, 2.75) is 26.7 Å². The highest BCUT2D eigenvalue weighted by atomic mass is 16.6. The summed E-state index contributed by atoms with van der Waals surface area (Å²) in [5, 5.41) is 15.6. The smallest absolute Gasteiger partial charge is 0.345 e. The maximum absolute atomic E-state index is 12.6. The van der Waals surface area contributed by atoms with E-state index in [0.717, 1.165) is 11.4 Å². The molecule has 7 nitrogen and oxygen atoms in total. The van der Waals surface area contributed by atoms with Gasteiger partial charge in [-0.1, -0.05) is 38.1 Å². The van der Waals surface area contributed by atoms with Crippen molar-refractivity contribution in [1.82, 2.24) is 9.78 Å². The van der Waals surface area contributed by atoms with Gasteiger partial charge in [0.15, 0.2) is 0 Å². The van der Waals surface area contributed by atoms with Crippen LogP contribution in [0.3, 0.4) is 0 Å². The lowest BCUT2D eigenvalue weighted by Crippen LogP contribution is -2.12. The second kappa shape index (κ2) is 7.41. The number of carbonyl (C=O) groups is 1. The third-order valence-corrected chi connectivity index (χ3v) is 4.13. The normalized spacial score (nSPS) is 10.8. The summed E-state index contributed by atoms with van der Waals surface area (Å²) in [7, 11) is 0. The molecule has 0 saturated carbocycles. The van der Waals surface area contributed by atoms with Gasteiger partial charge in [0.2, 0.25) is 5.88 Å². The number of hydrogen-bond acceptors (Lipinski definition) is 5. The number of rotatable bonds is 5. The first-order chi connectivity index (χ1) is 12.9. The zero-order chi connectivity index (χ0) is 19.6. The maximum atomic E-state index is 12.6. The summed E-state index contributed by atoms with van der Waals surface area (Å²) in [6.45, 7) is 5.60. The van der Waals surface area contributed by atoms with Crippen molar-refractivity contribution in [3.05, 3.63) is 81.5 Å². The van der Waals surface area contributed by atoms with Crippen LogP contribution in [0.2, 0.25) is 0 Å². The maximum Gasteiger partial charge on any atom is 0.345 e. The minimum Gasteiger partial charge on any atom is -0.404 e. The first-order valence-electron chi connectivity index (χ1n) is 8.49. The van der Waals surface area contributed by atoms with Crippen molar-refractivity contribution in [2.24, 2.45) is 0 Å². The Hall–Kier alpha value is -3.48. The van der Waals surface area contributed by atoms with E-state index < -0.39 is 10.9 Å². The average molecular weight is 365 g/mol. The Morgan fingerprint density at radius 2 is 1.85 bits per heavy atom. The fourth-order valence-corrected chi connectivity index (χ4v) is 2.58. The number of nitro groups is 1. The highest BCUT2D eigenvalue weighted by Gasteiger charge is 2.20.